The van der Waals surface area contributed by atoms with E-state index >= 15 is 0 Å². The first-order valence-electron chi connectivity index (χ1n) is 7.30. The van der Waals surface area contributed by atoms with E-state index in [-0.39, 0.29) is 0 Å². The molecule has 0 fully saturated rings. The Bertz CT molecular complexity index is 690. The van der Waals surface area contributed by atoms with Gasteiger partial charge in [0.15, 0.2) is 5.11 Å². The van der Waals surface area contributed by atoms with Gasteiger partial charge in [-0.05, 0) is 48.6 Å². The van der Waals surface area contributed by atoms with E-state index in [0.29, 0.717) is 11.7 Å². The normalized spacial score (nSPS) is 10.1. The molecule has 0 aliphatic carbocycles. The molecule has 4 nitrogen and oxygen atoms in total. The van der Waals surface area contributed by atoms with Crippen LogP contribution >= 0.6 is 12.2 Å². The molecule has 0 spiro atoms. The molecule has 2 N–H and O–H groups in total. The zero-order valence-corrected chi connectivity index (χ0v) is 13.3. The molecule has 0 saturated heterocycles. The van der Waals surface area contributed by atoms with E-state index in [1.165, 1.54) is 0 Å². The van der Waals surface area contributed by atoms with Gasteiger partial charge in [-0.2, -0.15) is 0 Å². The summed E-state index contributed by atoms with van der Waals surface area (Å²) in [5.74, 6) is 0.833. The van der Waals surface area contributed by atoms with Crippen molar-refractivity contribution in [2.24, 2.45) is 0 Å². The number of hydrogen-bond acceptors (Lipinski definition) is 3. The molecule has 0 bridgehead atoms. The van der Waals surface area contributed by atoms with Crippen LogP contribution < -0.4 is 15.8 Å². The second-order valence-electron chi connectivity index (χ2n) is 4.88. The quantitative estimate of drug-likeness (QED) is 0.549. The van der Waals surface area contributed by atoms with Gasteiger partial charge in [0.2, 0.25) is 0 Å². The van der Waals surface area contributed by atoms with Gasteiger partial charge in [-0.3, -0.25) is 10.4 Å². The van der Waals surface area contributed by atoms with Crippen molar-refractivity contribution in [1.29, 1.82) is 0 Å². The summed E-state index contributed by atoms with van der Waals surface area (Å²) >= 11 is 5.40. The highest BCUT2D eigenvalue weighted by Crippen LogP contribution is 2.22. The van der Waals surface area contributed by atoms with Gasteiger partial charge in [-0.15, -0.1) is 0 Å². The van der Waals surface area contributed by atoms with E-state index in [9.17, 15) is 0 Å². The molecule has 0 aliphatic rings. The lowest BCUT2D eigenvalue weighted by Crippen LogP contribution is -2.44. The molecule has 5 heteroatoms. The number of furan rings is 1. The fourth-order valence-electron chi connectivity index (χ4n) is 2.15. The van der Waals surface area contributed by atoms with Gasteiger partial charge >= 0.3 is 0 Å². The molecule has 3 aromatic rings. The average molecular weight is 323 g/mol. The Labute approximate surface area is 140 Å². The molecule has 2 aromatic carbocycles. The van der Waals surface area contributed by atoms with Crippen molar-refractivity contribution >= 4 is 28.7 Å². The molecule has 0 unspecified atom stereocenters. The van der Waals surface area contributed by atoms with E-state index in [2.05, 4.69) is 10.7 Å². The molecule has 0 aliphatic heterocycles. The maximum absolute atomic E-state index is 5.40. The Morgan fingerprint density at radius 1 is 0.870 bits per heavy atom. The number of thiocarbonyl (C=S) groups is 1. The van der Waals surface area contributed by atoms with Gasteiger partial charge in [0.05, 0.1) is 24.2 Å². The largest absolute Gasteiger partial charge is 0.467 e. The molecule has 116 valence electrons. The highest BCUT2D eigenvalue weighted by atomic mass is 32.1. The fraction of sp³-hybridized carbons (Fsp3) is 0.0556. The Balaban J connectivity index is 1.72. The Morgan fingerprint density at radius 3 is 2.00 bits per heavy atom. The molecule has 1 aromatic heterocycles. The Morgan fingerprint density at radius 2 is 1.48 bits per heavy atom. The van der Waals surface area contributed by atoms with Gasteiger partial charge < -0.3 is 9.73 Å². The van der Waals surface area contributed by atoms with Crippen molar-refractivity contribution in [3.63, 3.8) is 0 Å². The lowest BCUT2D eigenvalue weighted by molar-refractivity contribution is 0.502. The molecule has 0 saturated carbocycles. The third-order valence-corrected chi connectivity index (χ3v) is 3.48. The second kappa shape index (κ2) is 7.47. The summed E-state index contributed by atoms with van der Waals surface area (Å²) < 4.78 is 5.29. The maximum atomic E-state index is 5.40. The van der Waals surface area contributed by atoms with Crippen molar-refractivity contribution < 1.29 is 4.42 Å². The predicted molar refractivity (Wildman–Crippen MR) is 96.3 cm³/mol. The second-order valence-corrected chi connectivity index (χ2v) is 5.29. The van der Waals surface area contributed by atoms with Crippen LogP contribution in [0, 0.1) is 0 Å². The summed E-state index contributed by atoms with van der Waals surface area (Å²) in [4.78, 5) is 0. The van der Waals surface area contributed by atoms with E-state index in [1.807, 2.05) is 77.8 Å². The molecular formula is C18H17N3OS. The molecular weight excluding hydrogens is 306 g/mol. The predicted octanol–water partition coefficient (Wildman–Crippen LogP) is 4.00. The third-order valence-electron chi connectivity index (χ3n) is 3.25. The minimum atomic E-state index is 0.522. The van der Waals surface area contributed by atoms with Crippen LogP contribution in [0.2, 0.25) is 0 Å². The van der Waals surface area contributed by atoms with E-state index in [0.717, 1.165) is 17.1 Å². The maximum Gasteiger partial charge on any atom is 0.186 e. The number of nitrogens with one attached hydrogen (secondary N) is 2. The Hall–Kier alpha value is -2.79. The summed E-state index contributed by atoms with van der Waals surface area (Å²) in [7, 11) is 0. The van der Waals surface area contributed by atoms with E-state index < -0.39 is 0 Å². The number of hydrazine groups is 1. The van der Waals surface area contributed by atoms with Crippen LogP contribution in [0.5, 0.6) is 0 Å². The van der Waals surface area contributed by atoms with Crippen molar-refractivity contribution in [2.45, 2.75) is 6.54 Å². The minimum absolute atomic E-state index is 0.522. The average Bonchev–Trinajstić information content (AvgIpc) is 3.13. The highest BCUT2D eigenvalue weighted by Gasteiger charge is 2.10. The number of para-hydroxylation sites is 2. The zero-order chi connectivity index (χ0) is 15.9. The zero-order valence-electron chi connectivity index (χ0n) is 12.5. The van der Waals surface area contributed by atoms with Gasteiger partial charge in [0.25, 0.3) is 0 Å². The van der Waals surface area contributed by atoms with Crippen LogP contribution in [-0.4, -0.2) is 5.11 Å². The van der Waals surface area contributed by atoms with Gasteiger partial charge in [0.1, 0.15) is 5.76 Å². The van der Waals surface area contributed by atoms with Gasteiger partial charge in [-0.1, -0.05) is 36.4 Å². The lowest BCUT2D eigenvalue weighted by Gasteiger charge is -2.27. The standard InChI is InChI=1S/C18H17N3OS/c23-18(19-14-17-12-7-13-22-17)20-21(15-8-3-1-4-9-15)16-10-5-2-6-11-16/h1-13H,14H2,(H2,19,20,23). The number of rotatable bonds is 5. The smallest absolute Gasteiger partial charge is 0.186 e. The number of nitrogens with zero attached hydrogens (tertiary/aromatic N) is 1. The SMILES string of the molecule is S=C(NCc1ccco1)NN(c1ccccc1)c1ccccc1. The highest BCUT2D eigenvalue weighted by molar-refractivity contribution is 7.80. The monoisotopic (exact) mass is 323 g/mol. The molecule has 0 amide bonds. The first-order chi connectivity index (χ1) is 11.3. The summed E-state index contributed by atoms with van der Waals surface area (Å²) in [5, 5.41) is 5.60. The van der Waals surface area contributed by atoms with Crippen LogP contribution in [0.4, 0.5) is 11.4 Å². The van der Waals surface area contributed by atoms with Gasteiger partial charge in [0, 0.05) is 0 Å². The summed E-state index contributed by atoms with van der Waals surface area (Å²) in [6.07, 6.45) is 1.65. The van der Waals surface area contributed by atoms with Crippen LogP contribution in [0.15, 0.2) is 83.5 Å². The van der Waals surface area contributed by atoms with Crippen LogP contribution in [0.25, 0.3) is 0 Å². The molecule has 0 atom stereocenters. The van der Waals surface area contributed by atoms with Crippen molar-refractivity contribution in [3.05, 3.63) is 84.8 Å². The topological polar surface area (TPSA) is 40.4 Å². The van der Waals surface area contributed by atoms with Crippen molar-refractivity contribution in [1.82, 2.24) is 10.7 Å². The van der Waals surface area contributed by atoms with Crippen LogP contribution in [-0.2, 0) is 6.54 Å². The summed E-state index contributed by atoms with van der Waals surface area (Å²) in [6, 6.07) is 23.8. The summed E-state index contributed by atoms with van der Waals surface area (Å²) in [6.45, 7) is 0.538. The minimum Gasteiger partial charge on any atom is -0.467 e. The first kappa shape index (κ1) is 15.1. The number of anilines is 2. The van der Waals surface area contributed by atoms with Crippen molar-refractivity contribution in [3.8, 4) is 0 Å². The molecule has 0 radical (unpaired) electrons. The number of hydrogen-bond donors (Lipinski definition) is 2. The third kappa shape index (κ3) is 4.11. The lowest BCUT2D eigenvalue weighted by atomic mass is 10.2. The fourth-order valence-corrected chi connectivity index (χ4v) is 2.32. The van der Waals surface area contributed by atoms with Gasteiger partial charge in [-0.25, -0.2) is 0 Å². The Kier molecular flexibility index (Phi) is 4.91. The van der Waals surface area contributed by atoms with Crippen LogP contribution in [0.1, 0.15) is 5.76 Å². The van der Waals surface area contributed by atoms with E-state index in [4.69, 9.17) is 16.6 Å². The molecule has 23 heavy (non-hydrogen) atoms. The first-order valence-corrected chi connectivity index (χ1v) is 7.71. The van der Waals surface area contributed by atoms with Crippen LogP contribution in [0.3, 0.4) is 0 Å². The molecule has 1 heterocycles. The van der Waals surface area contributed by atoms with E-state index in [1.54, 1.807) is 6.26 Å². The molecule has 3 rings (SSSR count). The summed E-state index contributed by atoms with van der Waals surface area (Å²) in [5.41, 5.74) is 5.23. The number of benzene rings is 2. The van der Waals surface area contributed by atoms with Crippen molar-refractivity contribution in [2.75, 3.05) is 5.01 Å².